The first-order chi connectivity index (χ1) is 16.4. The van der Waals surface area contributed by atoms with Crippen LogP contribution in [0.1, 0.15) is 148 Å². The highest BCUT2D eigenvalue weighted by molar-refractivity contribution is 5.76. The average Bonchev–Trinajstić information content (AvgIpc) is 2.74. The number of hydrogen-bond acceptors (Lipinski definition) is 4. The van der Waals surface area contributed by atoms with E-state index >= 15 is 0 Å². The fourth-order valence-corrected chi connectivity index (χ4v) is 3.46. The SMILES string of the molecule is CCC(C)(C)C(=O)OC(CC(C)C)CC(C)C.CCC(C)(C)C(=O)OC(CCC(C)C)CCC(C)C. The van der Waals surface area contributed by atoms with Gasteiger partial charge in [-0.25, -0.2) is 0 Å². The molecule has 0 aromatic heterocycles. The van der Waals surface area contributed by atoms with Crippen LogP contribution in [0.15, 0.2) is 0 Å². The van der Waals surface area contributed by atoms with Crippen molar-refractivity contribution in [1.82, 2.24) is 0 Å². The van der Waals surface area contributed by atoms with Gasteiger partial charge >= 0.3 is 11.9 Å². The third-order valence-electron chi connectivity index (χ3n) is 7.02. The molecule has 0 aliphatic rings. The Labute approximate surface area is 226 Å². The van der Waals surface area contributed by atoms with Crippen LogP contribution in [0, 0.1) is 34.5 Å². The van der Waals surface area contributed by atoms with Crippen LogP contribution in [0.3, 0.4) is 0 Å². The fraction of sp³-hybridized carbons (Fsp3) is 0.938. The molecule has 216 valence electrons. The van der Waals surface area contributed by atoms with Crippen LogP contribution in [0.5, 0.6) is 0 Å². The van der Waals surface area contributed by atoms with Crippen LogP contribution in [-0.4, -0.2) is 24.1 Å². The maximum atomic E-state index is 12.2. The lowest BCUT2D eigenvalue weighted by Gasteiger charge is -2.27. The van der Waals surface area contributed by atoms with Gasteiger partial charge in [0.05, 0.1) is 10.8 Å². The number of ether oxygens (including phenoxy) is 2. The fourth-order valence-electron chi connectivity index (χ4n) is 3.46. The van der Waals surface area contributed by atoms with Crippen molar-refractivity contribution >= 4 is 11.9 Å². The molecule has 0 spiro atoms. The molecule has 0 aromatic rings. The zero-order chi connectivity index (χ0) is 28.7. The molecule has 0 aliphatic heterocycles. The highest BCUT2D eigenvalue weighted by Gasteiger charge is 2.30. The van der Waals surface area contributed by atoms with Crippen molar-refractivity contribution in [3.05, 3.63) is 0 Å². The predicted octanol–water partition coefficient (Wildman–Crippen LogP) is 9.63. The van der Waals surface area contributed by atoms with Crippen molar-refractivity contribution in [2.24, 2.45) is 34.5 Å². The van der Waals surface area contributed by atoms with Gasteiger partial charge in [-0.3, -0.25) is 9.59 Å². The number of hydrogen-bond donors (Lipinski definition) is 0. The number of rotatable bonds is 16. The number of esters is 2. The molecule has 0 rings (SSSR count). The Hall–Kier alpha value is -1.06. The second kappa shape index (κ2) is 18.2. The molecule has 0 N–H and O–H groups in total. The van der Waals surface area contributed by atoms with Crippen molar-refractivity contribution in [3.8, 4) is 0 Å². The topological polar surface area (TPSA) is 52.6 Å². The lowest BCUT2D eigenvalue weighted by Crippen LogP contribution is -2.31. The summed E-state index contributed by atoms with van der Waals surface area (Å²) in [6.45, 7) is 29.5. The smallest absolute Gasteiger partial charge is 0.311 e. The summed E-state index contributed by atoms with van der Waals surface area (Å²) in [5.41, 5.74) is -0.708. The lowest BCUT2D eigenvalue weighted by atomic mass is 9.90. The largest absolute Gasteiger partial charge is 0.462 e. The lowest BCUT2D eigenvalue weighted by molar-refractivity contribution is -0.162. The van der Waals surface area contributed by atoms with Gasteiger partial charge in [0, 0.05) is 0 Å². The minimum absolute atomic E-state index is 0.0347. The standard InChI is InChI=1S/C17H34O2.C15H30O2/c1-8-17(6,7)16(18)19-15(11-9-13(2)3)12-10-14(4)5;1-8-15(6,7)14(16)17-13(9-11(2)3)10-12(4)5/h13-15H,8-12H2,1-7H3;11-13H,8-10H2,1-7H3. The molecule has 36 heavy (non-hydrogen) atoms. The molecule has 4 nitrogen and oxygen atoms in total. The molecule has 0 heterocycles. The Morgan fingerprint density at radius 1 is 0.528 bits per heavy atom. The second-order valence-electron chi connectivity index (χ2n) is 13.7. The van der Waals surface area contributed by atoms with E-state index in [4.69, 9.17) is 9.47 Å². The van der Waals surface area contributed by atoms with E-state index in [0.717, 1.165) is 51.4 Å². The highest BCUT2D eigenvalue weighted by atomic mass is 16.5. The van der Waals surface area contributed by atoms with Crippen LogP contribution in [0.25, 0.3) is 0 Å². The first-order valence-electron chi connectivity index (χ1n) is 14.8. The average molecular weight is 513 g/mol. The number of carbonyl (C=O) groups excluding carboxylic acids is 2. The van der Waals surface area contributed by atoms with Gasteiger partial charge in [0.15, 0.2) is 0 Å². The molecule has 0 fully saturated rings. The molecule has 0 unspecified atom stereocenters. The molecule has 0 saturated carbocycles. The summed E-state index contributed by atoms with van der Waals surface area (Å²) < 4.78 is 11.5. The van der Waals surface area contributed by atoms with Crippen LogP contribution in [0.4, 0.5) is 0 Å². The van der Waals surface area contributed by atoms with Crippen LogP contribution >= 0.6 is 0 Å². The van der Waals surface area contributed by atoms with Crippen LogP contribution < -0.4 is 0 Å². The van der Waals surface area contributed by atoms with E-state index in [2.05, 4.69) is 55.4 Å². The third kappa shape index (κ3) is 18.2. The molecule has 0 bridgehead atoms. The van der Waals surface area contributed by atoms with E-state index in [1.807, 2.05) is 41.5 Å². The van der Waals surface area contributed by atoms with Crippen LogP contribution in [0.2, 0.25) is 0 Å². The van der Waals surface area contributed by atoms with Crippen molar-refractivity contribution in [1.29, 1.82) is 0 Å². The Bertz CT molecular complexity index is 565. The minimum Gasteiger partial charge on any atom is -0.462 e. The summed E-state index contributed by atoms with van der Waals surface area (Å²) in [6.07, 6.45) is 8.00. The quantitative estimate of drug-likeness (QED) is 0.193. The maximum absolute atomic E-state index is 12.2. The second-order valence-corrected chi connectivity index (χ2v) is 13.7. The van der Waals surface area contributed by atoms with Gasteiger partial charge in [-0.05, 0) is 103 Å². The van der Waals surface area contributed by atoms with Crippen LogP contribution in [-0.2, 0) is 19.1 Å². The van der Waals surface area contributed by atoms with Gasteiger partial charge < -0.3 is 9.47 Å². The Balaban J connectivity index is 0. The van der Waals surface area contributed by atoms with E-state index in [-0.39, 0.29) is 35.0 Å². The monoisotopic (exact) mass is 512 g/mol. The van der Waals surface area contributed by atoms with Gasteiger partial charge in [0.1, 0.15) is 12.2 Å². The zero-order valence-electron chi connectivity index (χ0n) is 26.8. The van der Waals surface area contributed by atoms with Gasteiger partial charge in [0.25, 0.3) is 0 Å². The van der Waals surface area contributed by atoms with Crippen molar-refractivity contribution in [2.45, 2.75) is 161 Å². The van der Waals surface area contributed by atoms with E-state index in [1.165, 1.54) is 0 Å². The zero-order valence-corrected chi connectivity index (χ0v) is 26.8. The van der Waals surface area contributed by atoms with Crippen molar-refractivity contribution in [2.75, 3.05) is 0 Å². The van der Waals surface area contributed by atoms with Crippen molar-refractivity contribution in [3.63, 3.8) is 0 Å². The number of carbonyl (C=O) groups is 2. The summed E-state index contributed by atoms with van der Waals surface area (Å²) in [7, 11) is 0. The van der Waals surface area contributed by atoms with Gasteiger partial charge in [-0.2, -0.15) is 0 Å². The molecule has 0 aromatic carbocycles. The van der Waals surface area contributed by atoms with Gasteiger partial charge in [-0.1, -0.05) is 69.2 Å². The molecule has 0 amide bonds. The molecular weight excluding hydrogens is 448 g/mol. The molecular formula is C32H64O4. The highest BCUT2D eigenvalue weighted by Crippen LogP contribution is 2.26. The summed E-state index contributed by atoms with van der Waals surface area (Å²) in [4.78, 5) is 24.2. The first kappa shape index (κ1) is 37.1. The molecule has 0 saturated heterocycles. The molecule has 4 heteroatoms. The summed E-state index contributed by atoms with van der Waals surface area (Å²) in [6, 6.07) is 0. The van der Waals surface area contributed by atoms with Gasteiger partial charge in [0.2, 0.25) is 0 Å². The molecule has 0 atom stereocenters. The molecule has 0 radical (unpaired) electrons. The summed E-state index contributed by atoms with van der Waals surface area (Å²) in [5.74, 6) is 2.38. The molecule has 0 aliphatic carbocycles. The Morgan fingerprint density at radius 2 is 0.833 bits per heavy atom. The van der Waals surface area contributed by atoms with E-state index in [9.17, 15) is 9.59 Å². The third-order valence-corrected chi connectivity index (χ3v) is 7.02. The van der Waals surface area contributed by atoms with Gasteiger partial charge in [-0.15, -0.1) is 0 Å². The Kier molecular flexibility index (Phi) is 18.8. The summed E-state index contributed by atoms with van der Waals surface area (Å²) in [5, 5.41) is 0. The Morgan fingerprint density at radius 3 is 1.08 bits per heavy atom. The first-order valence-corrected chi connectivity index (χ1v) is 14.8. The normalized spacial score (nSPS) is 12.6. The predicted molar refractivity (Wildman–Crippen MR) is 155 cm³/mol. The summed E-state index contributed by atoms with van der Waals surface area (Å²) >= 11 is 0. The van der Waals surface area contributed by atoms with E-state index in [0.29, 0.717) is 23.7 Å². The van der Waals surface area contributed by atoms with Crippen molar-refractivity contribution < 1.29 is 19.1 Å². The minimum atomic E-state index is -0.355. The van der Waals surface area contributed by atoms with E-state index < -0.39 is 0 Å². The van der Waals surface area contributed by atoms with E-state index in [1.54, 1.807) is 0 Å². The maximum Gasteiger partial charge on any atom is 0.311 e.